The summed E-state index contributed by atoms with van der Waals surface area (Å²) in [5.41, 5.74) is 0.377. The van der Waals surface area contributed by atoms with Crippen molar-refractivity contribution < 1.29 is 9.18 Å². The van der Waals surface area contributed by atoms with Gasteiger partial charge in [-0.25, -0.2) is 4.39 Å². The summed E-state index contributed by atoms with van der Waals surface area (Å²) in [5.74, 6) is -0.483. The number of hydrogen-bond donors (Lipinski definition) is 1. The number of hydrogen-bond acceptors (Lipinski definition) is 3. The van der Waals surface area contributed by atoms with Crippen LogP contribution in [0.2, 0.25) is 0 Å². The molecular weight excluding hydrogens is 245 g/mol. The Morgan fingerprint density at radius 1 is 1.47 bits per heavy atom. The lowest BCUT2D eigenvalue weighted by Gasteiger charge is -2.44. The van der Waals surface area contributed by atoms with Crippen LogP contribution in [0.1, 0.15) is 20.3 Å². The van der Waals surface area contributed by atoms with Crippen LogP contribution in [0.15, 0.2) is 24.3 Å². The van der Waals surface area contributed by atoms with Gasteiger partial charge in [0.15, 0.2) is 0 Å². The molecule has 100 valence electrons. The molecule has 1 saturated heterocycles. The molecule has 19 heavy (non-hydrogen) atoms. The summed E-state index contributed by atoms with van der Waals surface area (Å²) < 4.78 is 13.0. The van der Waals surface area contributed by atoms with Crippen LogP contribution in [-0.4, -0.2) is 24.0 Å². The number of rotatable bonds is 2. The quantitative estimate of drug-likeness (QED) is 0.883. The van der Waals surface area contributed by atoms with Crippen molar-refractivity contribution >= 4 is 11.6 Å². The maximum Gasteiger partial charge on any atom is 0.244 e. The van der Waals surface area contributed by atoms with E-state index in [0.717, 1.165) is 5.69 Å². The summed E-state index contributed by atoms with van der Waals surface area (Å²) in [6, 6.07) is 7.49. The molecule has 1 amide bonds. The van der Waals surface area contributed by atoms with Gasteiger partial charge in [-0.05, 0) is 38.1 Å². The van der Waals surface area contributed by atoms with Crippen molar-refractivity contribution in [3.63, 3.8) is 0 Å². The van der Waals surface area contributed by atoms with Crippen molar-refractivity contribution in [2.45, 2.75) is 31.8 Å². The van der Waals surface area contributed by atoms with Gasteiger partial charge in [0.25, 0.3) is 0 Å². The molecule has 1 fully saturated rings. The lowest BCUT2D eigenvalue weighted by Crippen LogP contribution is -2.64. The fourth-order valence-electron chi connectivity index (χ4n) is 2.33. The second-order valence-electron chi connectivity index (χ2n) is 5.36. The largest absolute Gasteiger partial charge is 0.356 e. The van der Waals surface area contributed by atoms with E-state index >= 15 is 0 Å². The minimum atomic E-state index is -0.525. The summed E-state index contributed by atoms with van der Waals surface area (Å²) in [7, 11) is 0. The second-order valence-corrected chi connectivity index (χ2v) is 5.36. The Balaban J connectivity index is 2.34. The summed E-state index contributed by atoms with van der Waals surface area (Å²) in [5, 5.41) is 11.8. The zero-order chi connectivity index (χ0) is 14.0. The van der Waals surface area contributed by atoms with Gasteiger partial charge < -0.3 is 10.2 Å². The highest BCUT2D eigenvalue weighted by atomic mass is 19.1. The number of halogens is 1. The number of nitrogens with one attached hydrogen (secondary N) is 1. The molecular formula is C14H16FN3O. The first-order chi connectivity index (χ1) is 8.93. The van der Waals surface area contributed by atoms with Crippen LogP contribution in [0.4, 0.5) is 10.1 Å². The maximum absolute atomic E-state index is 13.0. The predicted molar refractivity (Wildman–Crippen MR) is 70.0 cm³/mol. The first-order valence-electron chi connectivity index (χ1n) is 6.14. The van der Waals surface area contributed by atoms with E-state index in [9.17, 15) is 9.18 Å². The number of piperazine rings is 1. The smallest absolute Gasteiger partial charge is 0.244 e. The fraction of sp³-hybridized carbons (Fsp3) is 0.429. The van der Waals surface area contributed by atoms with Gasteiger partial charge in [0.1, 0.15) is 11.9 Å². The monoisotopic (exact) mass is 261 g/mol. The molecule has 0 radical (unpaired) electrons. The molecule has 1 unspecified atom stereocenters. The summed E-state index contributed by atoms with van der Waals surface area (Å²) in [4.78, 5) is 13.9. The third kappa shape index (κ3) is 2.84. The first-order valence-corrected chi connectivity index (χ1v) is 6.14. The van der Waals surface area contributed by atoms with Crippen molar-refractivity contribution in [1.29, 1.82) is 5.26 Å². The molecule has 1 aromatic rings. The van der Waals surface area contributed by atoms with Gasteiger partial charge in [0.2, 0.25) is 5.91 Å². The molecule has 0 bridgehead atoms. The van der Waals surface area contributed by atoms with Gasteiger partial charge in [-0.2, -0.15) is 5.26 Å². The molecule has 2 rings (SSSR count). The minimum Gasteiger partial charge on any atom is -0.356 e. The number of nitriles is 1. The van der Waals surface area contributed by atoms with E-state index in [-0.39, 0.29) is 23.7 Å². The molecule has 1 aromatic carbocycles. The second kappa shape index (κ2) is 4.88. The van der Waals surface area contributed by atoms with Crippen molar-refractivity contribution in [1.82, 2.24) is 5.32 Å². The average molecular weight is 261 g/mol. The van der Waals surface area contributed by atoms with Crippen molar-refractivity contribution in [3.05, 3.63) is 30.1 Å². The topological polar surface area (TPSA) is 56.1 Å². The van der Waals surface area contributed by atoms with Crippen molar-refractivity contribution in [2.75, 3.05) is 11.4 Å². The zero-order valence-corrected chi connectivity index (χ0v) is 11.0. The zero-order valence-electron chi connectivity index (χ0n) is 11.0. The number of nitrogens with zero attached hydrogens (tertiary/aromatic N) is 2. The molecule has 1 aliphatic heterocycles. The summed E-state index contributed by atoms with van der Waals surface area (Å²) in [6.45, 7) is 4.42. The van der Waals surface area contributed by atoms with E-state index in [1.807, 2.05) is 24.8 Å². The molecule has 0 aromatic heterocycles. The minimum absolute atomic E-state index is 0.110. The highest BCUT2D eigenvalue weighted by Gasteiger charge is 2.38. The van der Waals surface area contributed by atoms with Gasteiger partial charge >= 0.3 is 0 Å². The average Bonchev–Trinajstić information content (AvgIpc) is 2.33. The van der Waals surface area contributed by atoms with E-state index in [0.29, 0.717) is 6.54 Å². The molecule has 0 saturated carbocycles. The van der Waals surface area contributed by atoms with Crippen LogP contribution in [0.5, 0.6) is 0 Å². The highest BCUT2D eigenvalue weighted by Crippen LogP contribution is 2.25. The lowest BCUT2D eigenvalue weighted by molar-refractivity contribution is -0.125. The molecule has 1 aliphatic rings. The number of carbonyl (C=O) groups excluding carboxylic acids is 1. The van der Waals surface area contributed by atoms with E-state index in [1.165, 1.54) is 12.1 Å². The van der Waals surface area contributed by atoms with Crippen LogP contribution in [0.25, 0.3) is 0 Å². The van der Waals surface area contributed by atoms with Crippen molar-refractivity contribution in [3.8, 4) is 6.07 Å². The standard InChI is InChI=1S/C14H16FN3O/c1-14(2)9-18(11-5-3-10(15)4-6-11)12(7-8-16)13(19)17-14/h3-6,12H,7,9H2,1-2H3,(H,17,19). The van der Waals surface area contributed by atoms with Crippen LogP contribution in [-0.2, 0) is 4.79 Å². The Hall–Kier alpha value is -2.09. The molecule has 0 spiro atoms. The van der Waals surface area contributed by atoms with Crippen LogP contribution in [0, 0.1) is 17.1 Å². The van der Waals surface area contributed by atoms with Gasteiger partial charge in [-0.1, -0.05) is 0 Å². The Morgan fingerprint density at radius 3 is 2.68 bits per heavy atom. The van der Waals surface area contributed by atoms with Crippen molar-refractivity contribution in [2.24, 2.45) is 0 Å². The highest BCUT2D eigenvalue weighted by molar-refractivity contribution is 5.87. The molecule has 4 nitrogen and oxygen atoms in total. The SMILES string of the molecule is CC1(C)CN(c2ccc(F)cc2)C(CC#N)C(=O)N1. The molecule has 5 heteroatoms. The fourth-order valence-corrected chi connectivity index (χ4v) is 2.33. The molecule has 1 N–H and O–H groups in total. The number of carbonyl (C=O) groups is 1. The maximum atomic E-state index is 13.0. The Kier molecular flexibility index (Phi) is 3.43. The Labute approximate surface area is 111 Å². The Morgan fingerprint density at radius 2 is 2.11 bits per heavy atom. The number of benzene rings is 1. The van der Waals surface area contributed by atoms with Gasteiger partial charge in [0.05, 0.1) is 18.0 Å². The van der Waals surface area contributed by atoms with Gasteiger partial charge in [0, 0.05) is 12.2 Å². The predicted octanol–water partition coefficient (Wildman–Crippen LogP) is 1.82. The number of amides is 1. The lowest BCUT2D eigenvalue weighted by atomic mass is 9.96. The third-order valence-electron chi connectivity index (χ3n) is 3.15. The molecule has 1 atom stereocenters. The Bertz CT molecular complexity index is 518. The van der Waals surface area contributed by atoms with Gasteiger partial charge in [-0.15, -0.1) is 0 Å². The van der Waals surface area contributed by atoms with Crippen LogP contribution in [0.3, 0.4) is 0 Å². The summed E-state index contributed by atoms with van der Waals surface area (Å²) in [6.07, 6.45) is 0.110. The van der Waals surface area contributed by atoms with E-state index in [4.69, 9.17) is 5.26 Å². The van der Waals surface area contributed by atoms with E-state index < -0.39 is 6.04 Å². The third-order valence-corrected chi connectivity index (χ3v) is 3.15. The summed E-state index contributed by atoms with van der Waals surface area (Å²) >= 11 is 0. The van der Waals surface area contributed by atoms with Gasteiger partial charge in [-0.3, -0.25) is 4.79 Å². The van der Waals surface area contributed by atoms with Crippen LogP contribution < -0.4 is 10.2 Å². The van der Waals surface area contributed by atoms with E-state index in [2.05, 4.69) is 5.32 Å². The van der Waals surface area contributed by atoms with E-state index in [1.54, 1.807) is 12.1 Å². The normalized spacial score (nSPS) is 21.7. The molecule has 0 aliphatic carbocycles. The first kappa shape index (κ1) is 13.3. The molecule has 1 heterocycles. The van der Waals surface area contributed by atoms with Crippen LogP contribution >= 0.6 is 0 Å². The number of anilines is 1.